The minimum Gasteiger partial charge on any atom is -0.388 e. The zero-order chi connectivity index (χ0) is 19.8. The van der Waals surface area contributed by atoms with Gasteiger partial charge in [0.15, 0.2) is 0 Å². The molecule has 7 heteroatoms. The molecule has 1 aromatic carbocycles. The zero-order valence-electron chi connectivity index (χ0n) is 16.5. The van der Waals surface area contributed by atoms with E-state index >= 15 is 0 Å². The van der Waals surface area contributed by atoms with E-state index in [0.717, 1.165) is 42.4 Å². The van der Waals surface area contributed by atoms with Crippen LogP contribution in [0.2, 0.25) is 5.02 Å². The van der Waals surface area contributed by atoms with Crippen molar-refractivity contribution in [2.45, 2.75) is 32.8 Å². The number of likely N-dealkylation sites (tertiary alicyclic amines) is 1. The summed E-state index contributed by atoms with van der Waals surface area (Å²) in [7, 11) is 3.82. The fraction of sp³-hybridized carbons (Fsp3) is 0.600. The summed E-state index contributed by atoms with van der Waals surface area (Å²) in [4.78, 5) is 16.1. The molecule has 0 bridgehead atoms. The number of nitrogens with one attached hydrogen (secondary N) is 1. The van der Waals surface area contributed by atoms with Gasteiger partial charge in [-0.3, -0.25) is 9.89 Å². The standard InChI is InChI=1S/C20H29ClN4O2/c1-20(2,14-5-7-25(8-6-14)17(26)12-24(3)4)19(27)16-10-15(21)9-13-11-22-23-18(13)16/h9-11,14,19,27H,5-8,12H2,1-4H3,(H,22,23)/t19-/m1/s1. The summed E-state index contributed by atoms with van der Waals surface area (Å²) in [6.07, 6.45) is 2.82. The first-order chi connectivity index (χ1) is 12.7. The highest BCUT2D eigenvalue weighted by molar-refractivity contribution is 6.31. The Morgan fingerprint density at radius 2 is 2.07 bits per heavy atom. The number of carbonyl (C=O) groups is 1. The lowest BCUT2D eigenvalue weighted by Gasteiger charge is -2.43. The van der Waals surface area contributed by atoms with Gasteiger partial charge in [-0.2, -0.15) is 5.10 Å². The van der Waals surface area contributed by atoms with Crippen LogP contribution in [-0.4, -0.2) is 64.7 Å². The van der Waals surface area contributed by atoms with E-state index in [2.05, 4.69) is 24.0 Å². The van der Waals surface area contributed by atoms with Gasteiger partial charge in [0.2, 0.25) is 5.91 Å². The van der Waals surface area contributed by atoms with Crippen molar-refractivity contribution in [3.05, 3.63) is 28.9 Å². The Balaban J connectivity index is 1.74. The lowest BCUT2D eigenvalue weighted by atomic mass is 9.68. The van der Waals surface area contributed by atoms with Crippen molar-refractivity contribution >= 4 is 28.4 Å². The molecule has 0 spiro atoms. The highest BCUT2D eigenvalue weighted by atomic mass is 35.5. The number of aliphatic hydroxyl groups is 1. The predicted molar refractivity (Wildman–Crippen MR) is 108 cm³/mol. The summed E-state index contributed by atoms with van der Waals surface area (Å²) in [5.74, 6) is 0.485. The number of benzene rings is 1. The van der Waals surface area contributed by atoms with Crippen LogP contribution in [-0.2, 0) is 4.79 Å². The van der Waals surface area contributed by atoms with Crippen LogP contribution in [0.15, 0.2) is 18.3 Å². The van der Waals surface area contributed by atoms with E-state index in [4.69, 9.17) is 11.6 Å². The van der Waals surface area contributed by atoms with Crippen LogP contribution in [0, 0.1) is 11.3 Å². The second kappa shape index (κ2) is 7.78. The van der Waals surface area contributed by atoms with Gasteiger partial charge in [-0.15, -0.1) is 0 Å². The van der Waals surface area contributed by atoms with Gasteiger partial charge >= 0.3 is 0 Å². The van der Waals surface area contributed by atoms with Crippen molar-refractivity contribution in [1.82, 2.24) is 20.0 Å². The Hall–Kier alpha value is -1.63. The van der Waals surface area contributed by atoms with Crippen LogP contribution in [0.25, 0.3) is 10.9 Å². The van der Waals surface area contributed by atoms with Gasteiger partial charge in [-0.25, -0.2) is 0 Å². The summed E-state index contributed by atoms with van der Waals surface area (Å²) in [5.41, 5.74) is 1.27. The molecule has 1 saturated heterocycles. The third-order valence-electron chi connectivity index (χ3n) is 5.89. The summed E-state index contributed by atoms with van der Waals surface area (Å²) < 4.78 is 0. The first-order valence-corrected chi connectivity index (χ1v) is 9.81. The minimum atomic E-state index is -0.673. The Kier molecular flexibility index (Phi) is 5.79. The zero-order valence-corrected chi connectivity index (χ0v) is 17.3. The van der Waals surface area contributed by atoms with E-state index < -0.39 is 6.10 Å². The number of nitrogens with zero attached hydrogens (tertiary/aromatic N) is 3. The number of aliphatic hydroxyl groups excluding tert-OH is 1. The van der Waals surface area contributed by atoms with Gasteiger partial charge in [0, 0.05) is 29.1 Å². The number of halogens is 1. The van der Waals surface area contributed by atoms with Crippen LogP contribution in [0.1, 0.15) is 38.4 Å². The van der Waals surface area contributed by atoms with E-state index in [1.807, 2.05) is 36.0 Å². The molecule has 1 aliphatic rings. The first-order valence-electron chi connectivity index (χ1n) is 9.43. The molecule has 2 aromatic rings. The number of amides is 1. The van der Waals surface area contributed by atoms with Crippen LogP contribution in [0.3, 0.4) is 0 Å². The number of hydrogen-bond acceptors (Lipinski definition) is 4. The number of hydrogen-bond donors (Lipinski definition) is 2. The van der Waals surface area contributed by atoms with Crippen molar-refractivity contribution in [3.8, 4) is 0 Å². The number of H-pyrrole nitrogens is 1. The van der Waals surface area contributed by atoms with Gasteiger partial charge in [0.05, 0.1) is 24.4 Å². The summed E-state index contributed by atoms with van der Waals surface area (Å²) in [6.45, 7) is 6.12. The van der Waals surface area contributed by atoms with Crippen LogP contribution in [0.5, 0.6) is 0 Å². The van der Waals surface area contributed by atoms with Crippen molar-refractivity contribution in [1.29, 1.82) is 0 Å². The van der Waals surface area contributed by atoms with Crippen molar-refractivity contribution < 1.29 is 9.90 Å². The Labute approximate surface area is 165 Å². The largest absolute Gasteiger partial charge is 0.388 e. The topological polar surface area (TPSA) is 72.5 Å². The third kappa shape index (κ3) is 4.13. The predicted octanol–water partition coefficient (Wildman–Crippen LogP) is 3.08. The van der Waals surface area contributed by atoms with Crippen molar-refractivity contribution in [2.24, 2.45) is 11.3 Å². The number of likely N-dealkylation sites (N-methyl/N-ethyl adjacent to an activating group) is 1. The van der Waals surface area contributed by atoms with E-state index in [1.54, 1.807) is 6.20 Å². The molecule has 1 aromatic heterocycles. The second-order valence-electron chi connectivity index (χ2n) is 8.45. The molecule has 0 saturated carbocycles. The molecule has 2 N–H and O–H groups in total. The molecule has 1 aliphatic heterocycles. The molecule has 3 rings (SSSR count). The van der Waals surface area contributed by atoms with E-state index in [9.17, 15) is 9.90 Å². The Morgan fingerprint density at radius 1 is 1.41 bits per heavy atom. The fourth-order valence-corrected chi connectivity index (χ4v) is 4.37. The van der Waals surface area contributed by atoms with E-state index in [0.29, 0.717) is 17.5 Å². The number of aromatic amines is 1. The third-order valence-corrected chi connectivity index (χ3v) is 6.11. The van der Waals surface area contributed by atoms with Gasteiger partial charge in [-0.1, -0.05) is 25.4 Å². The second-order valence-corrected chi connectivity index (χ2v) is 8.88. The average molecular weight is 393 g/mol. The minimum absolute atomic E-state index is 0.172. The van der Waals surface area contributed by atoms with Crippen LogP contribution >= 0.6 is 11.6 Å². The number of carbonyl (C=O) groups excluding carboxylic acids is 1. The lowest BCUT2D eigenvalue weighted by molar-refractivity contribution is -0.134. The molecule has 0 radical (unpaired) electrons. The molecular weight excluding hydrogens is 364 g/mol. The van der Waals surface area contributed by atoms with Crippen molar-refractivity contribution in [2.75, 3.05) is 33.7 Å². The lowest BCUT2D eigenvalue weighted by Crippen LogP contribution is -2.46. The Morgan fingerprint density at radius 3 is 2.70 bits per heavy atom. The number of piperidine rings is 1. The van der Waals surface area contributed by atoms with Gasteiger partial charge in [0.25, 0.3) is 0 Å². The monoisotopic (exact) mass is 392 g/mol. The molecule has 2 heterocycles. The summed E-state index contributed by atoms with van der Waals surface area (Å²) in [6, 6.07) is 3.67. The van der Waals surface area contributed by atoms with Crippen molar-refractivity contribution in [3.63, 3.8) is 0 Å². The fourth-order valence-electron chi connectivity index (χ4n) is 4.13. The van der Waals surface area contributed by atoms with Gasteiger partial charge in [-0.05, 0) is 50.4 Å². The molecule has 1 atom stereocenters. The molecule has 1 fully saturated rings. The molecule has 148 valence electrons. The summed E-state index contributed by atoms with van der Waals surface area (Å²) >= 11 is 6.26. The average Bonchev–Trinajstić information content (AvgIpc) is 3.08. The summed E-state index contributed by atoms with van der Waals surface area (Å²) in [5, 5.41) is 19.8. The quantitative estimate of drug-likeness (QED) is 0.820. The molecule has 6 nitrogen and oxygen atoms in total. The van der Waals surface area contributed by atoms with Gasteiger partial charge < -0.3 is 14.9 Å². The first kappa shape index (κ1) is 20.1. The maximum absolute atomic E-state index is 12.3. The Bertz CT molecular complexity index is 809. The van der Waals surface area contributed by atoms with Crippen LogP contribution in [0.4, 0.5) is 0 Å². The van der Waals surface area contributed by atoms with E-state index in [1.165, 1.54) is 0 Å². The highest BCUT2D eigenvalue weighted by Crippen LogP contribution is 2.46. The SMILES string of the molecule is CN(C)CC(=O)N1CCC(C(C)(C)[C@H](O)c2cc(Cl)cc3cn[nH]c23)CC1. The van der Waals surface area contributed by atoms with E-state index in [-0.39, 0.29) is 11.3 Å². The normalized spacial score (nSPS) is 17.7. The molecule has 0 aliphatic carbocycles. The molecule has 0 unspecified atom stereocenters. The smallest absolute Gasteiger partial charge is 0.236 e. The van der Waals surface area contributed by atoms with Gasteiger partial charge in [0.1, 0.15) is 0 Å². The molecular formula is C20H29ClN4O2. The maximum atomic E-state index is 12.3. The molecule has 27 heavy (non-hydrogen) atoms. The molecule has 1 amide bonds. The van der Waals surface area contributed by atoms with Crippen LogP contribution < -0.4 is 0 Å². The number of rotatable bonds is 5. The number of fused-ring (bicyclic) bond motifs is 1. The highest BCUT2D eigenvalue weighted by Gasteiger charge is 2.40. The number of aromatic nitrogens is 2. The maximum Gasteiger partial charge on any atom is 0.236 e.